The summed E-state index contributed by atoms with van der Waals surface area (Å²) in [7, 11) is 0. The summed E-state index contributed by atoms with van der Waals surface area (Å²) in [5.74, 6) is -0.628. The molecular formula is C32H58ClNO3. The van der Waals surface area contributed by atoms with Crippen molar-refractivity contribution in [3.63, 3.8) is 0 Å². The molecule has 216 valence electrons. The zero-order chi connectivity index (χ0) is 27.2. The Labute approximate surface area is 234 Å². The number of hydrogen-bond donors (Lipinski definition) is 2. The quantitative estimate of drug-likeness (QED) is 0.121. The molecule has 1 aromatic rings. The molecule has 0 radical (unpaired) electrons. The molecule has 2 N–H and O–H groups in total. The molecule has 0 saturated carbocycles. The predicted molar refractivity (Wildman–Crippen MR) is 161 cm³/mol. The molecule has 0 bridgehead atoms. The third kappa shape index (κ3) is 27.6. The third-order valence-electron chi connectivity index (χ3n) is 6.60. The van der Waals surface area contributed by atoms with Crippen LogP contribution < -0.4 is 10.1 Å². The SMILES string of the molecule is CCCCCCCCCCCCNCCCCCCCCCCCC.O=C(O)COc1ccccc1Cl. The second kappa shape index (κ2) is 29.3. The first-order valence-corrected chi connectivity index (χ1v) is 15.8. The molecular weight excluding hydrogens is 482 g/mol. The van der Waals surface area contributed by atoms with Gasteiger partial charge >= 0.3 is 5.97 Å². The van der Waals surface area contributed by atoms with E-state index < -0.39 is 5.97 Å². The maximum absolute atomic E-state index is 10.1. The maximum atomic E-state index is 10.1. The first kappa shape index (κ1) is 35.7. The zero-order valence-corrected chi connectivity index (χ0v) is 25.0. The Bertz CT molecular complexity index is 589. The van der Waals surface area contributed by atoms with Crippen LogP contribution in [0.15, 0.2) is 24.3 Å². The number of halogens is 1. The Kier molecular flexibility index (Phi) is 28.3. The molecule has 1 rings (SSSR count). The lowest BCUT2D eigenvalue weighted by atomic mass is 10.1. The van der Waals surface area contributed by atoms with Gasteiger partial charge in [-0.2, -0.15) is 0 Å². The molecule has 0 amide bonds. The summed E-state index contributed by atoms with van der Waals surface area (Å²) in [6.45, 7) is 6.71. The van der Waals surface area contributed by atoms with E-state index in [9.17, 15) is 4.79 Å². The van der Waals surface area contributed by atoms with E-state index in [2.05, 4.69) is 19.2 Å². The van der Waals surface area contributed by atoms with Crippen LogP contribution >= 0.6 is 11.6 Å². The van der Waals surface area contributed by atoms with E-state index in [1.54, 1.807) is 24.3 Å². The van der Waals surface area contributed by atoms with E-state index in [0.29, 0.717) is 10.8 Å². The summed E-state index contributed by atoms with van der Waals surface area (Å²) in [6, 6.07) is 6.73. The number of carboxylic acids is 1. The van der Waals surface area contributed by atoms with Crippen LogP contribution in [0.2, 0.25) is 5.02 Å². The largest absolute Gasteiger partial charge is 0.480 e. The minimum Gasteiger partial charge on any atom is -0.480 e. The van der Waals surface area contributed by atoms with Gasteiger partial charge in [-0.05, 0) is 38.1 Å². The average molecular weight is 540 g/mol. The van der Waals surface area contributed by atoms with Gasteiger partial charge in [0.25, 0.3) is 0 Å². The molecule has 4 nitrogen and oxygen atoms in total. The molecule has 0 aliphatic heterocycles. The number of ether oxygens (including phenoxy) is 1. The number of aliphatic carboxylic acids is 1. The molecule has 0 saturated heterocycles. The van der Waals surface area contributed by atoms with Crippen LogP contribution in [0, 0.1) is 0 Å². The van der Waals surface area contributed by atoms with Crippen LogP contribution in [0.25, 0.3) is 0 Å². The second-order valence-corrected chi connectivity index (χ2v) is 10.6. The van der Waals surface area contributed by atoms with Crippen molar-refractivity contribution in [3.05, 3.63) is 29.3 Å². The molecule has 0 unspecified atom stereocenters. The fourth-order valence-electron chi connectivity index (χ4n) is 4.30. The Morgan fingerprint density at radius 3 is 1.43 bits per heavy atom. The summed E-state index contributed by atoms with van der Waals surface area (Å²) in [6.07, 6.45) is 28.8. The molecule has 0 fully saturated rings. The van der Waals surface area contributed by atoms with Crippen LogP contribution in [0.3, 0.4) is 0 Å². The lowest BCUT2D eigenvalue weighted by molar-refractivity contribution is -0.139. The first-order chi connectivity index (χ1) is 18.1. The normalized spacial score (nSPS) is 10.7. The van der Waals surface area contributed by atoms with Crippen LogP contribution in [0.5, 0.6) is 5.75 Å². The van der Waals surface area contributed by atoms with Gasteiger partial charge in [-0.3, -0.25) is 0 Å². The predicted octanol–water partition coefficient (Wildman–Crippen LogP) is 10.2. The van der Waals surface area contributed by atoms with Crippen molar-refractivity contribution in [2.24, 2.45) is 0 Å². The van der Waals surface area contributed by atoms with Crippen molar-refractivity contribution >= 4 is 17.6 Å². The topological polar surface area (TPSA) is 58.6 Å². The number of benzene rings is 1. The van der Waals surface area contributed by atoms with Gasteiger partial charge in [0.2, 0.25) is 0 Å². The van der Waals surface area contributed by atoms with E-state index >= 15 is 0 Å². The Morgan fingerprint density at radius 2 is 1.05 bits per heavy atom. The molecule has 37 heavy (non-hydrogen) atoms. The number of unbranched alkanes of at least 4 members (excludes halogenated alkanes) is 18. The minimum atomic E-state index is -1.02. The van der Waals surface area contributed by atoms with Gasteiger partial charge in [-0.1, -0.05) is 153 Å². The van der Waals surface area contributed by atoms with Crippen LogP contribution in [0.1, 0.15) is 142 Å². The van der Waals surface area contributed by atoms with E-state index in [0.717, 1.165) is 0 Å². The highest BCUT2D eigenvalue weighted by Gasteiger charge is 2.02. The van der Waals surface area contributed by atoms with Crippen molar-refractivity contribution in [1.82, 2.24) is 5.32 Å². The third-order valence-corrected chi connectivity index (χ3v) is 6.91. The van der Waals surface area contributed by atoms with Gasteiger partial charge in [-0.25, -0.2) is 4.79 Å². The van der Waals surface area contributed by atoms with Crippen LogP contribution in [0.4, 0.5) is 0 Å². The molecule has 5 heteroatoms. The van der Waals surface area contributed by atoms with Gasteiger partial charge < -0.3 is 15.2 Å². The number of carboxylic acid groups (broad SMARTS) is 1. The van der Waals surface area contributed by atoms with Gasteiger partial charge in [0.15, 0.2) is 6.61 Å². The van der Waals surface area contributed by atoms with E-state index in [1.165, 1.54) is 142 Å². The zero-order valence-electron chi connectivity index (χ0n) is 24.2. The molecule has 0 aliphatic rings. The summed E-state index contributed by atoms with van der Waals surface area (Å²) in [5, 5.41) is 12.3. The van der Waals surface area contributed by atoms with Crippen molar-refractivity contribution < 1.29 is 14.6 Å². The maximum Gasteiger partial charge on any atom is 0.341 e. The molecule has 0 aliphatic carbocycles. The lowest BCUT2D eigenvalue weighted by Gasteiger charge is -2.05. The number of para-hydroxylation sites is 1. The number of carbonyl (C=O) groups is 1. The van der Waals surface area contributed by atoms with Crippen LogP contribution in [-0.4, -0.2) is 30.8 Å². The summed E-state index contributed by atoms with van der Waals surface area (Å²) in [5.41, 5.74) is 0. The van der Waals surface area contributed by atoms with Gasteiger partial charge in [0, 0.05) is 0 Å². The van der Waals surface area contributed by atoms with Crippen molar-refractivity contribution in [2.45, 2.75) is 142 Å². The monoisotopic (exact) mass is 539 g/mol. The lowest BCUT2D eigenvalue weighted by Crippen LogP contribution is -2.16. The fourth-order valence-corrected chi connectivity index (χ4v) is 4.49. The standard InChI is InChI=1S/C24H51N.C8H7ClO3/c1-3-5-7-9-11-13-15-17-19-21-23-25-24-22-20-18-16-14-12-10-8-6-4-2;9-6-3-1-2-4-7(6)12-5-8(10)11/h25H,3-24H2,1-2H3;1-4H,5H2,(H,10,11). The Balaban J connectivity index is 0.000000893. The smallest absolute Gasteiger partial charge is 0.341 e. The van der Waals surface area contributed by atoms with Crippen molar-refractivity contribution in [2.75, 3.05) is 19.7 Å². The van der Waals surface area contributed by atoms with E-state index in [-0.39, 0.29) is 6.61 Å². The number of hydrogen-bond acceptors (Lipinski definition) is 3. The van der Waals surface area contributed by atoms with Crippen LogP contribution in [-0.2, 0) is 4.79 Å². The molecule has 1 aromatic carbocycles. The minimum absolute atomic E-state index is 0.371. The highest BCUT2D eigenvalue weighted by molar-refractivity contribution is 6.32. The number of rotatable bonds is 25. The summed E-state index contributed by atoms with van der Waals surface area (Å²) < 4.78 is 4.87. The summed E-state index contributed by atoms with van der Waals surface area (Å²) >= 11 is 5.69. The van der Waals surface area contributed by atoms with E-state index in [1.807, 2.05) is 0 Å². The second-order valence-electron chi connectivity index (χ2n) is 10.2. The highest BCUT2D eigenvalue weighted by atomic mass is 35.5. The average Bonchev–Trinajstić information content (AvgIpc) is 2.89. The Morgan fingerprint density at radius 1 is 0.676 bits per heavy atom. The fraction of sp³-hybridized carbons (Fsp3) is 0.781. The molecule has 0 atom stereocenters. The van der Waals surface area contributed by atoms with Crippen molar-refractivity contribution in [3.8, 4) is 5.75 Å². The number of nitrogens with one attached hydrogen (secondary N) is 1. The highest BCUT2D eigenvalue weighted by Crippen LogP contribution is 2.22. The molecule has 0 spiro atoms. The molecule has 0 aromatic heterocycles. The van der Waals surface area contributed by atoms with Gasteiger partial charge in [0.1, 0.15) is 5.75 Å². The Hall–Kier alpha value is -1.26. The van der Waals surface area contributed by atoms with Crippen molar-refractivity contribution in [1.29, 1.82) is 0 Å². The summed E-state index contributed by atoms with van der Waals surface area (Å²) in [4.78, 5) is 10.1. The molecule has 0 heterocycles. The first-order valence-electron chi connectivity index (χ1n) is 15.4. The van der Waals surface area contributed by atoms with Gasteiger partial charge in [-0.15, -0.1) is 0 Å². The van der Waals surface area contributed by atoms with Gasteiger partial charge in [0.05, 0.1) is 5.02 Å². The van der Waals surface area contributed by atoms with E-state index in [4.69, 9.17) is 21.4 Å².